The van der Waals surface area contributed by atoms with Crippen molar-refractivity contribution in [2.75, 3.05) is 11.4 Å². The van der Waals surface area contributed by atoms with Gasteiger partial charge in [-0.15, -0.1) is 0 Å². The molecule has 0 bridgehead atoms. The molecule has 1 aliphatic rings. The molecule has 2 aromatic carbocycles. The topological polar surface area (TPSA) is 86.7 Å². The van der Waals surface area contributed by atoms with Crippen LogP contribution in [0.2, 0.25) is 0 Å². The minimum atomic E-state index is -1.07. The van der Waals surface area contributed by atoms with Crippen LogP contribution in [0.5, 0.6) is 0 Å². The van der Waals surface area contributed by atoms with Crippen molar-refractivity contribution < 1.29 is 23.9 Å². The molecule has 2 aromatic rings. The van der Waals surface area contributed by atoms with Crippen LogP contribution in [0.4, 0.5) is 10.1 Å². The molecule has 0 aliphatic carbocycles. The third kappa shape index (κ3) is 3.72. The number of nitrogens with one attached hydrogen (secondary N) is 1. The summed E-state index contributed by atoms with van der Waals surface area (Å²) in [6.07, 6.45) is 0.346. The summed E-state index contributed by atoms with van der Waals surface area (Å²) < 4.78 is 13.9. The molecule has 1 aliphatic heterocycles. The molecule has 0 radical (unpaired) electrons. The number of amides is 2. The Morgan fingerprint density at radius 3 is 2.69 bits per heavy atom. The Morgan fingerprint density at radius 1 is 1.19 bits per heavy atom. The second-order valence-electron chi connectivity index (χ2n) is 6.03. The number of carboxylic acid groups (broad SMARTS) is 1. The van der Waals surface area contributed by atoms with E-state index < -0.39 is 17.8 Å². The number of para-hydroxylation sites is 1. The third-order valence-electron chi connectivity index (χ3n) is 4.22. The van der Waals surface area contributed by atoms with E-state index in [9.17, 15) is 18.8 Å². The monoisotopic (exact) mass is 356 g/mol. The highest BCUT2D eigenvalue weighted by Gasteiger charge is 2.34. The molecular formula is C19H17FN2O4. The number of hydrogen-bond donors (Lipinski definition) is 2. The van der Waals surface area contributed by atoms with Gasteiger partial charge in [0.1, 0.15) is 11.9 Å². The highest BCUT2D eigenvalue weighted by Crippen LogP contribution is 2.24. The summed E-state index contributed by atoms with van der Waals surface area (Å²) in [7, 11) is 0. The molecule has 1 atom stereocenters. The lowest BCUT2D eigenvalue weighted by molar-refractivity contribution is -0.126. The zero-order valence-electron chi connectivity index (χ0n) is 13.8. The number of hydrogen-bond acceptors (Lipinski definition) is 3. The normalized spacial score (nSPS) is 16.6. The van der Waals surface area contributed by atoms with Crippen molar-refractivity contribution in [1.82, 2.24) is 5.32 Å². The average molecular weight is 356 g/mol. The number of nitrogens with zero attached hydrogens (tertiary/aromatic N) is 1. The Balaban J connectivity index is 1.64. The largest absolute Gasteiger partial charge is 0.478 e. The molecule has 2 N–H and O–H groups in total. The molecule has 6 nitrogen and oxygen atoms in total. The Morgan fingerprint density at radius 2 is 1.96 bits per heavy atom. The quantitative estimate of drug-likeness (QED) is 0.858. The summed E-state index contributed by atoms with van der Waals surface area (Å²) in [5.41, 5.74) is 0.834. The Labute approximate surface area is 149 Å². The third-order valence-corrected chi connectivity index (χ3v) is 4.22. The molecule has 2 amide bonds. The molecular weight excluding hydrogens is 339 g/mol. The van der Waals surface area contributed by atoms with Gasteiger partial charge in [0.2, 0.25) is 11.8 Å². The number of halogens is 1. The smallest absolute Gasteiger partial charge is 0.335 e. The number of anilines is 1. The number of carboxylic acids is 1. The van der Waals surface area contributed by atoms with Crippen molar-refractivity contribution in [2.24, 2.45) is 0 Å². The highest BCUT2D eigenvalue weighted by molar-refractivity contribution is 6.01. The first-order valence-electron chi connectivity index (χ1n) is 8.13. The average Bonchev–Trinajstić information content (AvgIpc) is 2.96. The van der Waals surface area contributed by atoms with Crippen molar-refractivity contribution in [1.29, 1.82) is 0 Å². The van der Waals surface area contributed by atoms with E-state index >= 15 is 0 Å². The predicted molar refractivity (Wildman–Crippen MR) is 92.4 cm³/mol. The van der Waals surface area contributed by atoms with E-state index in [1.807, 2.05) is 0 Å². The Bertz CT molecular complexity index is 868. The van der Waals surface area contributed by atoms with Crippen LogP contribution < -0.4 is 10.2 Å². The summed E-state index contributed by atoms with van der Waals surface area (Å²) in [5.74, 6) is -2.30. The summed E-state index contributed by atoms with van der Waals surface area (Å²) in [6.45, 7) is 0.319. The summed E-state index contributed by atoms with van der Waals surface area (Å²) >= 11 is 0. The van der Waals surface area contributed by atoms with Gasteiger partial charge in [0.05, 0.1) is 17.7 Å². The molecule has 1 heterocycles. The number of carbonyl (C=O) groups is 3. The van der Waals surface area contributed by atoms with Crippen molar-refractivity contribution >= 4 is 23.5 Å². The molecule has 26 heavy (non-hydrogen) atoms. The van der Waals surface area contributed by atoms with Crippen LogP contribution in [0.15, 0.2) is 48.5 Å². The Kier molecular flexibility index (Phi) is 4.97. The molecule has 1 saturated heterocycles. The van der Waals surface area contributed by atoms with E-state index in [1.54, 1.807) is 24.3 Å². The summed E-state index contributed by atoms with van der Waals surface area (Å²) in [4.78, 5) is 37.0. The SMILES string of the molecule is O=C(Cc1cccc(C(=O)O)c1)NC1CCN(c2ccccc2F)C1=O. The zero-order chi connectivity index (χ0) is 18.7. The van der Waals surface area contributed by atoms with E-state index in [1.165, 1.54) is 29.2 Å². The van der Waals surface area contributed by atoms with Gasteiger partial charge < -0.3 is 15.3 Å². The fourth-order valence-corrected chi connectivity index (χ4v) is 2.97. The molecule has 0 aromatic heterocycles. The van der Waals surface area contributed by atoms with Crippen molar-refractivity contribution in [3.8, 4) is 0 Å². The van der Waals surface area contributed by atoms with Gasteiger partial charge in [-0.3, -0.25) is 9.59 Å². The molecule has 1 unspecified atom stereocenters. The van der Waals surface area contributed by atoms with Gasteiger partial charge in [-0.25, -0.2) is 9.18 Å². The van der Waals surface area contributed by atoms with Gasteiger partial charge in [-0.2, -0.15) is 0 Å². The highest BCUT2D eigenvalue weighted by atomic mass is 19.1. The summed E-state index contributed by atoms with van der Waals surface area (Å²) in [5, 5.41) is 11.6. The second kappa shape index (κ2) is 7.35. The van der Waals surface area contributed by atoms with Crippen LogP contribution in [0, 0.1) is 5.82 Å². The van der Waals surface area contributed by atoms with Gasteiger partial charge in [-0.05, 0) is 36.2 Å². The van der Waals surface area contributed by atoms with Crippen LogP contribution in [-0.2, 0) is 16.0 Å². The van der Waals surface area contributed by atoms with Crippen LogP contribution >= 0.6 is 0 Å². The molecule has 3 rings (SSSR count). The number of benzene rings is 2. The van der Waals surface area contributed by atoms with E-state index in [-0.39, 0.29) is 29.5 Å². The van der Waals surface area contributed by atoms with E-state index in [0.29, 0.717) is 18.5 Å². The van der Waals surface area contributed by atoms with Crippen molar-refractivity contribution in [3.63, 3.8) is 0 Å². The van der Waals surface area contributed by atoms with Gasteiger partial charge in [-0.1, -0.05) is 24.3 Å². The van der Waals surface area contributed by atoms with E-state index in [4.69, 9.17) is 5.11 Å². The standard InChI is InChI=1S/C19H17FN2O4/c20-14-6-1-2-7-16(14)22-9-8-15(18(22)24)21-17(23)11-12-4-3-5-13(10-12)19(25)26/h1-7,10,15H,8-9,11H2,(H,21,23)(H,25,26). The Hall–Kier alpha value is -3.22. The van der Waals surface area contributed by atoms with Gasteiger partial charge in [0, 0.05) is 6.54 Å². The maximum Gasteiger partial charge on any atom is 0.335 e. The van der Waals surface area contributed by atoms with Gasteiger partial charge in [0.25, 0.3) is 0 Å². The van der Waals surface area contributed by atoms with Crippen molar-refractivity contribution in [3.05, 3.63) is 65.5 Å². The lowest BCUT2D eigenvalue weighted by atomic mass is 10.1. The lowest BCUT2D eigenvalue weighted by Gasteiger charge is -2.17. The second-order valence-corrected chi connectivity index (χ2v) is 6.03. The molecule has 7 heteroatoms. The zero-order valence-corrected chi connectivity index (χ0v) is 13.8. The minimum Gasteiger partial charge on any atom is -0.478 e. The first kappa shape index (κ1) is 17.6. The maximum atomic E-state index is 13.9. The van der Waals surface area contributed by atoms with Crippen LogP contribution in [-0.4, -0.2) is 35.5 Å². The maximum absolute atomic E-state index is 13.9. The first-order chi connectivity index (χ1) is 12.5. The fourth-order valence-electron chi connectivity index (χ4n) is 2.97. The molecule has 0 spiro atoms. The van der Waals surface area contributed by atoms with Crippen LogP contribution in [0.25, 0.3) is 0 Å². The van der Waals surface area contributed by atoms with Crippen LogP contribution in [0.1, 0.15) is 22.3 Å². The van der Waals surface area contributed by atoms with Gasteiger partial charge >= 0.3 is 5.97 Å². The van der Waals surface area contributed by atoms with Crippen LogP contribution in [0.3, 0.4) is 0 Å². The van der Waals surface area contributed by atoms with E-state index in [0.717, 1.165) is 0 Å². The van der Waals surface area contributed by atoms with Gasteiger partial charge in [0.15, 0.2) is 0 Å². The molecule has 1 fully saturated rings. The fraction of sp³-hybridized carbons (Fsp3) is 0.211. The number of carbonyl (C=O) groups excluding carboxylic acids is 2. The van der Waals surface area contributed by atoms with E-state index in [2.05, 4.69) is 5.32 Å². The molecule has 134 valence electrons. The van der Waals surface area contributed by atoms with Crippen molar-refractivity contribution in [2.45, 2.75) is 18.9 Å². The summed E-state index contributed by atoms with van der Waals surface area (Å²) in [6, 6.07) is 11.3. The number of rotatable bonds is 5. The first-order valence-corrected chi connectivity index (χ1v) is 8.13. The minimum absolute atomic E-state index is 0.0371. The molecule has 0 saturated carbocycles. The lowest BCUT2D eigenvalue weighted by Crippen LogP contribution is -2.42. The number of aromatic carboxylic acids is 1. The predicted octanol–water partition coefficient (Wildman–Crippen LogP) is 1.99.